The fourth-order valence-electron chi connectivity index (χ4n) is 1.95. The molecule has 3 aromatic heterocycles. The summed E-state index contributed by atoms with van der Waals surface area (Å²) in [5.74, 6) is 16.0. The Hall–Kier alpha value is -1.98. The zero-order chi connectivity index (χ0) is 22.7. The van der Waals surface area contributed by atoms with Gasteiger partial charge in [0, 0.05) is 15.3 Å². The molecule has 0 saturated heterocycles. The lowest BCUT2D eigenvalue weighted by Gasteiger charge is -1.83. The summed E-state index contributed by atoms with van der Waals surface area (Å²) >= 11 is 0. The maximum absolute atomic E-state index is 10.5. The molecular formula is C15H27I3N12O3. The fraction of sp³-hybridized carbons (Fsp3) is 0.400. The van der Waals surface area contributed by atoms with Gasteiger partial charge in [0.25, 0.3) is 19.0 Å². The van der Waals surface area contributed by atoms with Crippen LogP contribution in [-0.2, 0) is 34.0 Å². The highest BCUT2D eigenvalue weighted by atomic mass is 127. The number of hydrogen-bond donors (Lipinski definition) is 3. The molecule has 6 N–H and O–H groups in total. The third-order valence-corrected chi connectivity index (χ3v) is 2.95. The summed E-state index contributed by atoms with van der Waals surface area (Å²) in [6.07, 6.45) is 8.93. The molecule has 3 aromatic rings. The maximum atomic E-state index is 10.5. The van der Waals surface area contributed by atoms with Crippen molar-refractivity contribution in [3.8, 4) is 0 Å². The van der Waals surface area contributed by atoms with Crippen LogP contribution in [0.1, 0.15) is 20.8 Å². The molecule has 0 aliphatic carbocycles. The first-order valence-corrected chi connectivity index (χ1v) is 8.59. The van der Waals surface area contributed by atoms with Gasteiger partial charge in [0.05, 0.1) is 0 Å². The number of hydrogen-bond acceptors (Lipinski definition) is 9. The summed E-state index contributed by atoms with van der Waals surface area (Å²) in [6, 6.07) is 0. The van der Waals surface area contributed by atoms with Crippen molar-refractivity contribution in [1.29, 1.82) is 0 Å². The van der Waals surface area contributed by atoms with E-state index in [0.717, 1.165) is 0 Å². The number of nitrogens with two attached hydrogens (primary N) is 3. The number of rotatable bonds is 6. The highest BCUT2D eigenvalue weighted by Gasteiger charge is 2.05. The van der Waals surface area contributed by atoms with Crippen LogP contribution in [0.25, 0.3) is 0 Å². The lowest BCUT2D eigenvalue weighted by molar-refractivity contribution is -0.639. The van der Waals surface area contributed by atoms with Crippen molar-refractivity contribution >= 4 is 17.3 Å². The Bertz CT molecular complexity index is 863. The summed E-state index contributed by atoms with van der Waals surface area (Å²) in [6.45, 7) is 5.35. The lowest BCUT2D eigenvalue weighted by Crippen LogP contribution is -3.00. The maximum Gasteiger partial charge on any atom is 0.286 e. The second-order valence-electron chi connectivity index (χ2n) is 6.28. The Morgan fingerprint density at radius 1 is 0.606 bits per heavy atom. The van der Waals surface area contributed by atoms with Crippen molar-refractivity contribution in [3.05, 3.63) is 38.0 Å². The van der Waals surface area contributed by atoms with Gasteiger partial charge in [-0.25, -0.2) is 0 Å². The van der Waals surface area contributed by atoms with Gasteiger partial charge in [-0.15, -0.1) is 28.1 Å². The molecule has 15 nitrogen and oxygen atoms in total. The molecule has 0 aliphatic rings. The molecule has 0 unspecified atom stereocenters. The molecule has 3 heterocycles. The summed E-state index contributed by atoms with van der Waals surface area (Å²) in [7, 11) is 0. The van der Waals surface area contributed by atoms with E-state index in [1.54, 1.807) is 19.0 Å². The lowest BCUT2D eigenvalue weighted by atomic mass is 10.5. The van der Waals surface area contributed by atoms with Gasteiger partial charge in [0.2, 0.25) is 19.0 Å². The molecule has 0 saturated carbocycles. The number of nitrogens with zero attached hydrogens (tertiary/aromatic N) is 9. The Kier molecular flexibility index (Phi) is 19.9. The second-order valence-corrected chi connectivity index (χ2v) is 6.28. The molecule has 0 amide bonds. The van der Waals surface area contributed by atoms with E-state index in [1.807, 2.05) is 0 Å². The van der Waals surface area contributed by atoms with Gasteiger partial charge in [-0.1, -0.05) is 0 Å². The Balaban J connectivity index is -0.000000391. The van der Waals surface area contributed by atoms with Crippen LogP contribution in [0, 0.1) is 0 Å². The largest absolute Gasteiger partial charge is 1.00 e. The molecule has 0 fully saturated rings. The van der Waals surface area contributed by atoms with Gasteiger partial charge in [-0.2, -0.15) is 0 Å². The van der Waals surface area contributed by atoms with Crippen molar-refractivity contribution in [2.75, 3.05) is 17.5 Å². The number of halogens is 3. The highest BCUT2D eigenvalue weighted by molar-refractivity contribution is 5.75. The van der Waals surface area contributed by atoms with Crippen LogP contribution in [0.2, 0.25) is 0 Å². The Morgan fingerprint density at radius 2 is 0.818 bits per heavy atom. The fourth-order valence-corrected chi connectivity index (χ4v) is 1.95. The number of Topliss-reactive ketones (excluding diaryl/α,β-unsaturated/α-hetero) is 3. The minimum atomic E-state index is 0. The van der Waals surface area contributed by atoms with Crippen molar-refractivity contribution in [2.24, 2.45) is 0 Å². The van der Waals surface area contributed by atoms with Crippen molar-refractivity contribution in [1.82, 2.24) is 29.3 Å². The molecule has 0 spiro atoms. The Morgan fingerprint density at radius 3 is 0.939 bits per heavy atom. The van der Waals surface area contributed by atoms with Gasteiger partial charge in [-0.05, 0) is 20.8 Å². The molecular weight excluding hydrogens is 777 g/mol. The molecule has 33 heavy (non-hydrogen) atoms. The summed E-state index contributed by atoms with van der Waals surface area (Å²) < 4.78 is 8.31. The summed E-state index contributed by atoms with van der Waals surface area (Å²) in [5.41, 5.74) is 0. The predicted molar refractivity (Wildman–Crippen MR) is 99.8 cm³/mol. The predicted octanol–water partition coefficient (Wildman–Crippen LogP) is -13.6. The van der Waals surface area contributed by atoms with Crippen LogP contribution in [-0.4, -0.2) is 46.7 Å². The molecule has 0 aliphatic heterocycles. The van der Waals surface area contributed by atoms with E-state index in [2.05, 4.69) is 15.3 Å². The third-order valence-electron chi connectivity index (χ3n) is 2.95. The highest BCUT2D eigenvalue weighted by Crippen LogP contribution is 1.79. The second kappa shape index (κ2) is 18.4. The van der Waals surface area contributed by atoms with E-state index in [1.165, 1.54) is 67.8 Å². The van der Waals surface area contributed by atoms with E-state index < -0.39 is 0 Å². The molecule has 0 bridgehead atoms. The number of aromatic nitrogens is 9. The summed E-state index contributed by atoms with van der Waals surface area (Å²) in [4.78, 5) is 31.5. The molecule has 186 valence electrons. The minimum absolute atomic E-state index is 0. The van der Waals surface area contributed by atoms with Crippen molar-refractivity contribution in [2.45, 2.75) is 40.4 Å². The standard InChI is InChI=1S/3C5H9N4O.3HI/c3*1-5(10)2-9-4-8(6)3-7-9;;;/h3*3-4H,2,6H2,1H3;3*1H/q3*+1;;;/p-3. The first-order chi connectivity index (χ1) is 14.0. The van der Waals surface area contributed by atoms with E-state index in [9.17, 15) is 14.4 Å². The number of nitrogen functional groups attached to an aromatic ring is 3. The van der Waals surface area contributed by atoms with E-state index in [4.69, 9.17) is 17.5 Å². The average Bonchev–Trinajstić information content (AvgIpc) is 3.31. The number of carbonyl (C=O) groups excluding carboxylic acids is 3. The topological polar surface area (TPSA) is 194 Å². The van der Waals surface area contributed by atoms with Crippen LogP contribution in [0.3, 0.4) is 0 Å². The molecule has 0 radical (unpaired) electrons. The smallest absolute Gasteiger partial charge is 0.286 e. The Labute approximate surface area is 241 Å². The van der Waals surface area contributed by atoms with E-state index in [0.29, 0.717) is 0 Å². The minimum Gasteiger partial charge on any atom is -1.00 e. The van der Waals surface area contributed by atoms with Crippen LogP contribution in [0.4, 0.5) is 0 Å². The number of ketones is 3. The van der Waals surface area contributed by atoms with Gasteiger partial charge in [0.15, 0.2) is 37.0 Å². The zero-order valence-corrected chi connectivity index (χ0v) is 24.7. The molecule has 0 aromatic carbocycles. The normalized spacial score (nSPS) is 8.82. The van der Waals surface area contributed by atoms with E-state index in [-0.39, 0.29) is 109 Å². The molecule has 0 atom stereocenters. The van der Waals surface area contributed by atoms with Crippen LogP contribution < -0.4 is 103 Å². The van der Waals surface area contributed by atoms with Crippen molar-refractivity contribution in [3.63, 3.8) is 0 Å². The van der Waals surface area contributed by atoms with Gasteiger partial charge in [0.1, 0.15) is 0 Å². The molecule has 18 heteroatoms. The van der Waals surface area contributed by atoms with Gasteiger partial charge in [-0.3, -0.25) is 31.9 Å². The first kappa shape index (κ1) is 35.6. The SMILES string of the molecule is CC(=O)Cn1c[n+](N)cn1.CC(=O)Cn1c[n+](N)cn1.CC(=O)Cn1c[n+](N)cn1.[I-].[I-].[I-]. The van der Waals surface area contributed by atoms with Gasteiger partial charge < -0.3 is 71.9 Å². The zero-order valence-electron chi connectivity index (χ0n) is 18.2. The monoisotopic (exact) mass is 804 g/mol. The van der Waals surface area contributed by atoms with Crippen LogP contribution in [0.5, 0.6) is 0 Å². The average molecular weight is 804 g/mol. The van der Waals surface area contributed by atoms with Gasteiger partial charge >= 0.3 is 0 Å². The first-order valence-electron chi connectivity index (χ1n) is 8.59. The van der Waals surface area contributed by atoms with Crippen LogP contribution in [0.15, 0.2) is 38.0 Å². The van der Waals surface area contributed by atoms with Crippen LogP contribution >= 0.6 is 0 Å². The number of carbonyl (C=O) groups is 3. The quantitative estimate of drug-likeness (QED) is 0.123. The van der Waals surface area contributed by atoms with Crippen molar-refractivity contribution < 1.29 is 100 Å². The van der Waals surface area contributed by atoms with E-state index >= 15 is 0 Å². The molecule has 3 rings (SSSR count). The summed E-state index contributed by atoms with van der Waals surface area (Å²) in [5, 5.41) is 11.4. The third kappa shape index (κ3) is 17.2.